The molecule has 1 fully saturated rings. The first-order chi connectivity index (χ1) is 8.20. The molecule has 92 valence electrons. The first-order valence-corrected chi connectivity index (χ1v) is 6.09. The minimum Gasteiger partial charge on any atom is -0.384 e. The second kappa shape index (κ2) is 5.12. The Balaban J connectivity index is 2.23. The zero-order chi connectivity index (χ0) is 12.3. The van der Waals surface area contributed by atoms with Crippen LogP contribution in [0.1, 0.15) is 37.7 Å². The summed E-state index contributed by atoms with van der Waals surface area (Å²) in [6, 6.07) is 2.25. The number of nitrogen functional groups attached to an aromatic ring is 1. The van der Waals surface area contributed by atoms with Gasteiger partial charge in [-0.25, -0.2) is 0 Å². The quantitative estimate of drug-likeness (QED) is 0.613. The molecule has 17 heavy (non-hydrogen) atoms. The number of anilines is 1. The maximum atomic E-state index is 7.57. The fraction of sp³-hybridized carbons (Fsp3) is 0.583. The molecule has 0 spiro atoms. The van der Waals surface area contributed by atoms with Crippen molar-refractivity contribution >= 4 is 11.7 Å². The molecule has 1 heterocycles. The summed E-state index contributed by atoms with van der Waals surface area (Å²) in [6.07, 6.45) is 7.81. The van der Waals surface area contributed by atoms with Crippen molar-refractivity contribution in [2.45, 2.75) is 38.1 Å². The Hall–Kier alpha value is -1.65. The van der Waals surface area contributed by atoms with Crippen LogP contribution in [0.3, 0.4) is 0 Å². The Morgan fingerprint density at radius 3 is 2.76 bits per heavy atom. The van der Waals surface area contributed by atoms with Crippen molar-refractivity contribution in [3.63, 3.8) is 0 Å². The van der Waals surface area contributed by atoms with Crippen LogP contribution >= 0.6 is 0 Å². The summed E-state index contributed by atoms with van der Waals surface area (Å²) in [5.41, 5.74) is 6.24. The van der Waals surface area contributed by atoms with E-state index in [9.17, 15) is 0 Å². The van der Waals surface area contributed by atoms with Gasteiger partial charge in [-0.15, -0.1) is 5.10 Å². The third-order valence-electron chi connectivity index (χ3n) is 3.45. The van der Waals surface area contributed by atoms with Crippen molar-refractivity contribution in [2.24, 2.45) is 5.73 Å². The van der Waals surface area contributed by atoms with E-state index in [1.807, 2.05) is 7.05 Å². The Bertz CT molecular complexity index is 398. The Morgan fingerprint density at radius 1 is 1.41 bits per heavy atom. The zero-order valence-corrected chi connectivity index (χ0v) is 10.2. The van der Waals surface area contributed by atoms with E-state index in [0.29, 0.717) is 11.6 Å². The van der Waals surface area contributed by atoms with Gasteiger partial charge in [0, 0.05) is 13.1 Å². The predicted molar refractivity (Wildman–Crippen MR) is 68.3 cm³/mol. The molecule has 1 saturated carbocycles. The summed E-state index contributed by atoms with van der Waals surface area (Å²) in [5.74, 6) is 0.782. The van der Waals surface area contributed by atoms with Crippen LogP contribution in [-0.2, 0) is 0 Å². The Kier molecular flexibility index (Phi) is 3.56. The highest BCUT2D eigenvalue weighted by Gasteiger charge is 2.21. The molecule has 0 saturated heterocycles. The summed E-state index contributed by atoms with van der Waals surface area (Å²) in [7, 11) is 2.02. The molecule has 5 nitrogen and oxygen atoms in total. The molecular weight excluding hydrogens is 214 g/mol. The highest BCUT2D eigenvalue weighted by atomic mass is 15.3. The monoisotopic (exact) mass is 233 g/mol. The van der Waals surface area contributed by atoms with Gasteiger partial charge in [-0.3, -0.25) is 5.41 Å². The minimum absolute atomic E-state index is 0.0533. The van der Waals surface area contributed by atoms with Crippen molar-refractivity contribution in [3.8, 4) is 0 Å². The van der Waals surface area contributed by atoms with Gasteiger partial charge in [0.1, 0.15) is 5.84 Å². The molecule has 0 amide bonds. The molecule has 1 aliphatic carbocycles. The number of hydrogen-bond donors (Lipinski definition) is 2. The highest BCUT2D eigenvalue weighted by molar-refractivity contribution is 5.99. The lowest BCUT2D eigenvalue weighted by molar-refractivity contribution is 0.425. The molecule has 1 aromatic heterocycles. The highest BCUT2D eigenvalue weighted by Crippen LogP contribution is 2.26. The number of hydrogen-bond acceptors (Lipinski definition) is 4. The lowest BCUT2D eigenvalue weighted by atomic mass is 9.94. The third kappa shape index (κ3) is 2.54. The fourth-order valence-electron chi connectivity index (χ4n) is 2.44. The molecule has 0 unspecified atom stereocenters. The van der Waals surface area contributed by atoms with Crippen LogP contribution in [0.5, 0.6) is 0 Å². The zero-order valence-electron chi connectivity index (χ0n) is 10.2. The number of aromatic nitrogens is 2. The van der Waals surface area contributed by atoms with Crippen molar-refractivity contribution in [2.75, 3.05) is 11.9 Å². The molecule has 0 atom stereocenters. The lowest BCUT2D eigenvalue weighted by Gasteiger charge is -2.32. The van der Waals surface area contributed by atoms with Gasteiger partial charge in [0.05, 0.1) is 11.8 Å². The smallest absolute Gasteiger partial charge is 0.162 e. The van der Waals surface area contributed by atoms with Crippen LogP contribution in [0.4, 0.5) is 5.82 Å². The summed E-state index contributed by atoms with van der Waals surface area (Å²) in [5, 5.41) is 15.6. The van der Waals surface area contributed by atoms with E-state index in [0.717, 1.165) is 5.82 Å². The van der Waals surface area contributed by atoms with Gasteiger partial charge in [0.15, 0.2) is 5.82 Å². The van der Waals surface area contributed by atoms with E-state index >= 15 is 0 Å². The molecule has 0 aromatic carbocycles. The van der Waals surface area contributed by atoms with Crippen LogP contribution in [0.15, 0.2) is 12.3 Å². The van der Waals surface area contributed by atoms with Gasteiger partial charge in [0.2, 0.25) is 0 Å². The first-order valence-electron chi connectivity index (χ1n) is 6.09. The van der Waals surface area contributed by atoms with E-state index in [-0.39, 0.29) is 5.84 Å². The maximum absolute atomic E-state index is 7.57. The normalized spacial score (nSPS) is 16.8. The van der Waals surface area contributed by atoms with Crippen molar-refractivity contribution in [3.05, 3.63) is 17.8 Å². The van der Waals surface area contributed by atoms with Gasteiger partial charge < -0.3 is 10.6 Å². The summed E-state index contributed by atoms with van der Waals surface area (Å²) >= 11 is 0. The number of rotatable bonds is 3. The standard InChI is InChI=1S/C12H19N5/c1-17(9-5-3-2-4-6-9)12-10(11(13)14)7-8-15-16-12/h7-9H,2-6H2,1H3,(H3,13,14). The van der Waals surface area contributed by atoms with E-state index in [1.165, 1.54) is 32.1 Å². The van der Waals surface area contributed by atoms with Crippen molar-refractivity contribution in [1.82, 2.24) is 10.2 Å². The molecule has 1 aromatic rings. The van der Waals surface area contributed by atoms with Gasteiger partial charge in [-0.1, -0.05) is 19.3 Å². The number of nitrogens with one attached hydrogen (secondary N) is 1. The second-order valence-corrected chi connectivity index (χ2v) is 4.58. The van der Waals surface area contributed by atoms with E-state index in [1.54, 1.807) is 12.3 Å². The lowest BCUT2D eigenvalue weighted by Crippen LogP contribution is -2.35. The minimum atomic E-state index is 0.0533. The second-order valence-electron chi connectivity index (χ2n) is 4.58. The van der Waals surface area contributed by atoms with Crippen LogP contribution < -0.4 is 10.6 Å². The first kappa shape index (κ1) is 11.8. The van der Waals surface area contributed by atoms with Crippen LogP contribution in [-0.4, -0.2) is 29.1 Å². The number of nitrogens with two attached hydrogens (primary N) is 1. The molecule has 0 bridgehead atoms. The molecule has 3 N–H and O–H groups in total. The van der Waals surface area contributed by atoms with E-state index < -0.39 is 0 Å². The maximum Gasteiger partial charge on any atom is 0.162 e. The molecule has 2 rings (SSSR count). The molecule has 1 aliphatic rings. The van der Waals surface area contributed by atoms with Gasteiger partial charge in [0.25, 0.3) is 0 Å². The van der Waals surface area contributed by atoms with Crippen LogP contribution in [0.2, 0.25) is 0 Å². The molecule has 0 radical (unpaired) electrons. The fourth-order valence-corrected chi connectivity index (χ4v) is 2.44. The van der Waals surface area contributed by atoms with Gasteiger partial charge in [-0.2, -0.15) is 5.10 Å². The van der Waals surface area contributed by atoms with Gasteiger partial charge in [-0.05, 0) is 18.9 Å². The van der Waals surface area contributed by atoms with E-state index in [2.05, 4.69) is 15.1 Å². The topological polar surface area (TPSA) is 78.9 Å². The SMILES string of the molecule is CN(c1nnccc1C(=N)N)C1CCCCC1. The third-order valence-corrected chi connectivity index (χ3v) is 3.45. The van der Waals surface area contributed by atoms with Crippen molar-refractivity contribution in [1.29, 1.82) is 5.41 Å². The van der Waals surface area contributed by atoms with Crippen molar-refractivity contribution < 1.29 is 0 Å². The average molecular weight is 233 g/mol. The number of amidine groups is 1. The molecular formula is C12H19N5. The largest absolute Gasteiger partial charge is 0.384 e. The molecule has 0 aliphatic heterocycles. The van der Waals surface area contributed by atoms with E-state index in [4.69, 9.17) is 11.1 Å². The van der Waals surface area contributed by atoms with Gasteiger partial charge >= 0.3 is 0 Å². The van der Waals surface area contributed by atoms with Crippen LogP contribution in [0.25, 0.3) is 0 Å². The van der Waals surface area contributed by atoms with Crippen LogP contribution in [0, 0.1) is 5.41 Å². The summed E-state index contributed by atoms with van der Waals surface area (Å²) in [6.45, 7) is 0. The summed E-state index contributed by atoms with van der Waals surface area (Å²) < 4.78 is 0. The average Bonchev–Trinajstić information content (AvgIpc) is 2.39. The Morgan fingerprint density at radius 2 is 2.12 bits per heavy atom. The predicted octanol–water partition coefficient (Wildman–Crippen LogP) is 1.53. The Labute approximate surface area is 102 Å². The number of nitrogens with zero attached hydrogens (tertiary/aromatic N) is 3. The summed E-state index contributed by atoms with van der Waals surface area (Å²) in [4.78, 5) is 2.13. The molecule has 5 heteroatoms.